The summed E-state index contributed by atoms with van der Waals surface area (Å²) in [5.41, 5.74) is 1.21. The van der Waals surface area contributed by atoms with E-state index in [9.17, 15) is 0 Å². The normalized spacial score (nSPS) is 9.92. The van der Waals surface area contributed by atoms with Crippen molar-refractivity contribution in [3.8, 4) is 5.75 Å². The molecule has 0 unspecified atom stereocenters. The van der Waals surface area contributed by atoms with Crippen molar-refractivity contribution in [2.75, 3.05) is 12.9 Å². The maximum absolute atomic E-state index is 5.54. The van der Waals surface area contributed by atoms with Crippen LogP contribution in [0, 0.1) is 6.92 Å². The van der Waals surface area contributed by atoms with E-state index in [2.05, 4.69) is 31.4 Å². The van der Waals surface area contributed by atoms with Crippen LogP contribution < -0.4 is 4.74 Å². The highest BCUT2D eigenvalue weighted by Gasteiger charge is 2.03. The molecule has 0 saturated carbocycles. The summed E-state index contributed by atoms with van der Waals surface area (Å²) in [5, 5.41) is 0. The van der Waals surface area contributed by atoms with E-state index in [1.54, 1.807) is 11.8 Å². The molecule has 1 rings (SSSR count). The van der Waals surface area contributed by atoms with E-state index in [1.165, 1.54) is 10.5 Å². The Bertz CT molecular complexity index is 258. The molecule has 1 aromatic rings. The number of thioether (sulfide) groups is 1. The Hall–Kier alpha value is -0.630. The maximum Gasteiger partial charge on any atom is 0.135 e. The highest BCUT2D eigenvalue weighted by atomic mass is 32.2. The lowest BCUT2D eigenvalue weighted by Crippen LogP contribution is -1.95. The Morgan fingerprint density at radius 3 is 2.75 bits per heavy atom. The fourth-order valence-corrected chi connectivity index (χ4v) is 1.74. The molecule has 0 saturated heterocycles. The Labute approximate surface area is 78.1 Å². The van der Waals surface area contributed by atoms with Gasteiger partial charge in [-0.05, 0) is 31.7 Å². The van der Waals surface area contributed by atoms with Gasteiger partial charge in [0.05, 0.1) is 6.61 Å². The fourth-order valence-electron chi connectivity index (χ4n) is 1.12. The molecule has 0 spiro atoms. The van der Waals surface area contributed by atoms with Crippen molar-refractivity contribution in [3.63, 3.8) is 0 Å². The summed E-state index contributed by atoms with van der Waals surface area (Å²) >= 11 is 1.72. The second-order valence-electron chi connectivity index (χ2n) is 2.54. The minimum Gasteiger partial charge on any atom is -0.492 e. The van der Waals surface area contributed by atoms with Gasteiger partial charge in [0.25, 0.3) is 0 Å². The lowest BCUT2D eigenvalue weighted by Gasteiger charge is -2.10. The van der Waals surface area contributed by atoms with Crippen molar-refractivity contribution in [1.29, 1.82) is 0 Å². The van der Waals surface area contributed by atoms with Gasteiger partial charge in [0, 0.05) is 4.90 Å². The Balaban J connectivity index is 3.02. The SMILES string of the molecule is CCOc1c(C)cccc1SC. The fraction of sp³-hybridized carbons (Fsp3) is 0.400. The summed E-state index contributed by atoms with van der Waals surface area (Å²) in [6.07, 6.45) is 2.07. The molecule has 0 radical (unpaired) electrons. The Kier molecular flexibility index (Phi) is 3.48. The number of benzene rings is 1. The first-order valence-electron chi connectivity index (χ1n) is 4.06. The smallest absolute Gasteiger partial charge is 0.135 e. The predicted octanol–water partition coefficient (Wildman–Crippen LogP) is 3.12. The Morgan fingerprint density at radius 2 is 2.17 bits per heavy atom. The van der Waals surface area contributed by atoms with Gasteiger partial charge in [-0.1, -0.05) is 12.1 Å². The summed E-state index contributed by atoms with van der Waals surface area (Å²) in [7, 11) is 0. The van der Waals surface area contributed by atoms with E-state index in [1.807, 2.05) is 6.92 Å². The predicted molar refractivity (Wildman–Crippen MR) is 54.1 cm³/mol. The van der Waals surface area contributed by atoms with Gasteiger partial charge in [-0.2, -0.15) is 0 Å². The molecule has 0 fully saturated rings. The third-order valence-corrected chi connectivity index (χ3v) is 2.45. The molecule has 0 amide bonds. The van der Waals surface area contributed by atoms with Crippen LogP contribution in [0.3, 0.4) is 0 Å². The van der Waals surface area contributed by atoms with Gasteiger partial charge in [0.1, 0.15) is 5.75 Å². The van der Waals surface area contributed by atoms with Gasteiger partial charge in [0.15, 0.2) is 0 Å². The minimum atomic E-state index is 0.735. The molecule has 1 aromatic carbocycles. The highest BCUT2D eigenvalue weighted by molar-refractivity contribution is 7.98. The quantitative estimate of drug-likeness (QED) is 0.664. The molecule has 0 aliphatic rings. The first-order chi connectivity index (χ1) is 5.79. The summed E-state index contributed by atoms with van der Waals surface area (Å²) < 4.78 is 5.54. The number of aryl methyl sites for hydroxylation is 1. The summed E-state index contributed by atoms with van der Waals surface area (Å²) in [4.78, 5) is 1.22. The van der Waals surface area contributed by atoms with Crippen molar-refractivity contribution >= 4 is 11.8 Å². The molecular formula is C10H14OS. The van der Waals surface area contributed by atoms with Gasteiger partial charge < -0.3 is 4.74 Å². The van der Waals surface area contributed by atoms with Crippen LogP contribution in [-0.2, 0) is 0 Å². The molecule has 0 bridgehead atoms. The molecule has 0 aliphatic carbocycles. The van der Waals surface area contributed by atoms with Crippen LogP contribution in [0.5, 0.6) is 5.75 Å². The van der Waals surface area contributed by atoms with E-state index in [4.69, 9.17) is 4.74 Å². The molecule has 66 valence electrons. The van der Waals surface area contributed by atoms with Gasteiger partial charge in [-0.25, -0.2) is 0 Å². The minimum absolute atomic E-state index is 0.735. The number of rotatable bonds is 3. The number of para-hydroxylation sites is 1. The lowest BCUT2D eigenvalue weighted by molar-refractivity contribution is 0.330. The average Bonchev–Trinajstić information content (AvgIpc) is 2.09. The van der Waals surface area contributed by atoms with Crippen LogP contribution in [0.2, 0.25) is 0 Å². The topological polar surface area (TPSA) is 9.23 Å². The summed E-state index contributed by atoms with van der Waals surface area (Å²) in [5.74, 6) is 1.03. The molecule has 0 N–H and O–H groups in total. The van der Waals surface area contributed by atoms with Crippen LogP contribution in [0.1, 0.15) is 12.5 Å². The zero-order valence-electron chi connectivity index (χ0n) is 7.76. The third-order valence-electron chi connectivity index (χ3n) is 1.68. The molecular weight excluding hydrogens is 168 g/mol. The zero-order chi connectivity index (χ0) is 8.97. The molecule has 12 heavy (non-hydrogen) atoms. The molecule has 0 aromatic heterocycles. The van der Waals surface area contributed by atoms with E-state index in [-0.39, 0.29) is 0 Å². The van der Waals surface area contributed by atoms with Gasteiger partial charge in [-0.15, -0.1) is 11.8 Å². The Morgan fingerprint density at radius 1 is 1.42 bits per heavy atom. The van der Waals surface area contributed by atoms with E-state index >= 15 is 0 Å². The van der Waals surface area contributed by atoms with Crippen LogP contribution in [-0.4, -0.2) is 12.9 Å². The molecule has 0 heterocycles. The van der Waals surface area contributed by atoms with Gasteiger partial charge in [-0.3, -0.25) is 0 Å². The largest absolute Gasteiger partial charge is 0.492 e. The summed E-state index contributed by atoms with van der Waals surface area (Å²) in [6, 6.07) is 6.22. The molecule has 2 heteroatoms. The van der Waals surface area contributed by atoms with E-state index in [0.717, 1.165) is 12.4 Å². The van der Waals surface area contributed by atoms with Crippen LogP contribution in [0.15, 0.2) is 23.1 Å². The van der Waals surface area contributed by atoms with Crippen molar-refractivity contribution in [2.45, 2.75) is 18.7 Å². The first-order valence-corrected chi connectivity index (χ1v) is 5.28. The number of hydrogen-bond donors (Lipinski definition) is 0. The number of hydrogen-bond acceptors (Lipinski definition) is 2. The molecule has 1 nitrogen and oxygen atoms in total. The highest BCUT2D eigenvalue weighted by Crippen LogP contribution is 2.30. The van der Waals surface area contributed by atoms with Crippen molar-refractivity contribution < 1.29 is 4.74 Å². The standard InChI is InChI=1S/C10H14OS/c1-4-11-10-8(2)6-5-7-9(10)12-3/h5-7H,4H2,1-3H3. The monoisotopic (exact) mass is 182 g/mol. The molecule has 0 aliphatic heterocycles. The van der Waals surface area contributed by atoms with Crippen molar-refractivity contribution in [3.05, 3.63) is 23.8 Å². The van der Waals surface area contributed by atoms with Crippen LogP contribution in [0.4, 0.5) is 0 Å². The third kappa shape index (κ3) is 1.95. The van der Waals surface area contributed by atoms with Gasteiger partial charge in [0.2, 0.25) is 0 Å². The molecule has 0 atom stereocenters. The lowest BCUT2D eigenvalue weighted by atomic mass is 10.2. The van der Waals surface area contributed by atoms with Crippen LogP contribution >= 0.6 is 11.8 Å². The van der Waals surface area contributed by atoms with E-state index < -0.39 is 0 Å². The maximum atomic E-state index is 5.54. The van der Waals surface area contributed by atoms with Gasteiger partial charge >= 0.3 is 0 Å². The average molecular weight is 182 g/mol. The second kappa shape index (κ2) is 4.41. The summed E-state index contributed by atoms with van der Waals surface area (Å²) in [6.45, 7) is 4.82. The van der Waals surface area contributed by atoms with Crippen molar-refractivity contribution in [1.82, 2.24) is 0 Å². The van der Waals surface area contributed by atoms with E-state index in [0.29, 0.717) is 0 Å². The zero-order valence-corrected chi connectivity index (χ0v) is 8.57. The second-order valence-corrected chi connectivity index (χ2v) is 3.39. The first kappa shape index (κ1) is 9.46. The van der Waals surface area contributed by atoms with Crippen LogP contribution in [0.25, 0.3) is 0 Å². The van der Waals surface area contributed by atoms with Crippen molar-refractivity contribution in [2.24, 2.45) is 0 Å². The number of ether oxygens (including phenoxy) is 1.